The summed E-state index contributed by atoms with van der Waals surface area (Å²) in [5.41, 5.74) is 9.07. The number of fused-ring (bicyclic) bond motifs is 3. The topological polar surface area (TPSA) is 4.10 Å². The molecule has 0 fully saturated rings. The Labute approximate surface area is 202 Å². The second-order valence-corrected chi connectivity index (χ2v) is 11.5. The molecule has 2 heterocycles. The standard InChI is InChI=1S/C26H22NS.F6P/c1-17-14-15-23-22(16-17)24(20-10-6-4-7-11-20)25(21-12-8-5-9-13-21)26-27(23)18(2)19(3)28-26;1-7(2,3,4,5)6/h4-16H,1-3H3;/q+1;-1. The SMILES string of the molecule is Cc1ccc2c(c1)c(-c1ccccc1)c(-c1ccccc1)c1sc(C)c(C)[n+]12.F[P-](F)(F)(F)(F)F. The molecule has 0 saturated heterocycles. The first-order chi connectivity index (χ1) is 16.1. The molecule has 0 aliphatic rings. The molecule has 2 aromatic heterocycles. The number of aryl methyl sites for hydroxylation is 3. The molecule has 0 atom stereocenters. The van der Waals surface area contributed by atoms with Crippen LogP contribution in [0, 0.1) is 20.8 Å². The fourth-order valence-corrected chi connectivity index (χ4v) is 5.27. The van der Waals surface area contributed by atoms with Gasteiger partial charge < -0.3 is 0 Å². The Morgan fingerprint density at radius 1 is 0.657 bits per heavy atom. The molecular weight excluding hydrogens is 503 g/mol. The molecule has 0 N–H and O–H groups in total. The number of halogens is 6. The summed E-state index contributed by atoms with van der Waals surface area (Å²) in [6.07, 6.45) is 0. The number of nitrogens with zero attached hydrogens (tertiary/aromatic N) is 1. The molecule has 0 aliphatic carbocycles. The van der Waals surface area contributed by atoms with Gasteiger partial charge in [-0.25, -0.2) is 0 Å². The molecule has 9 heteroatoms. The first kappa shape index (κ1) is 25.1. The molecule has 5 aromatic rings. The second-order valence-electron chi connectivity index (χ2n) is 8.35. The molecule has 0 bridgehead atoms. The van der Waals surface area contributed by atoms with Crippen LogP contribution in [-0.4, -0.2) is 0 Å². The van der Waals surface area contributed by atoms with Crippen molar-refractivity contribution in [1.29, 1.82) is 0 Å². The zero-order valence-corrected chi connectivity index (χ0v) is 20.8. The number of hydrogen-bond donors (Lipinski definition) is 0. The van der Waals surface area contributed by atoms with Crippen molar-refractivity contribution >= 4 is 34.9 Å². The third kappa shape index (κ3) is 6.00. The molecule has 3 aromatic carbocycles. The van der Waals surface area contributed by atoms with Gasteiger partial charge in [-0.15, -0.1) is 4.40 Å². The minimum atomic E-state index is -10.7. The number of benzene rings is 3. The molecule has 35 heavy (non-hydrogen) atoms. The van der Waals surface area contributed by atoms with Crippen molar-refractivity contribution in [3.05, 3.63) is 95.0 Å². The van der Waals surface area contributed by atoms with Crippen molar-refractivity contribution in [1.82, 2.24) is 0 Å². The fraction of sp³-hybridized carbons (Fsp3) is 0.115. The van der Waals surface area contributed by atoms with E-state index < -0.39 is 7.81 Å². The molecule has 0 aliphatic heterocycles. The number of aromatic nitrogens is 1. The maximum atomic E-state index is 9.87. The summed E-state index contributed by atoms with van der Waals surface area (Å²) in [6.45, 7) is 6.63. The number of rotatable bonds is 2. The molecular formula is C26H22F6NPS. The van der Waals surface area contributed by atoms with Crippen LogP contribution in [0.2, 0.25) is 0 Å². The molecule has 0 saturated carbocycles. The molecule has 0 radical (unpaired) electrons. The average molecular weight is 525 g/mol. The summed E-state index contributed by atoms with van der Waals surface area (Å²) in [5, 5.41) is 1.31. The number of thiazole rings is 1. The van der Waals surface area contributed by atoms with Gasteiger partial charge in [-0.2, -0.15) is 0 Å². The third-order valence-electron chi connectivity index (χ3n) is 5.55. The van der Waals surface area contributed by atoms with E-state index in [9.17, 15) is 25.2 Å². The van der Waals surface area contributed by atoms with Crippen LogP contribution in [0.1, 0.15) is 16.1 Å². The predicted molar refractivity (Wildman–Crippen MR) is 134 cm³/mol. The predicted octanol–water partition coefficient (Wildman–Crippen LogP) is 10.3. The summed E-state index contributed by atoms with van der Waals surface area (Å²) in [5.74, 6) is 0. The summed E-state index contributed by atoms with van der Waals surface area (Å²) in [7, 11) is -10.7. The van der Waals surface area contributed by atoms with Gasteiger partial charge in [0.15, 0.2) is 5.69 Å². The van der Waals surface area contributed by atoms with E-state index >= 15 is 0 Å². The van der Waals surface area contributed by atoms with E-state index in [1.54, 1.807) is 0 Å². The summed E-state index contributed by atoms with van der Waals surface area (Å²) >= 11 is 1.89. The van der Waals surface area contributed by atoms with Crippen LogP contribution in [-0.2, 0) is 0 Å². The first-order valence-electron chi connectivity index (χ1n) is 10.7. The molecule has 5 rings (SSSR count). The Morgan fingerprint density at radius 3 is 1.66 bits per heavy atom. The van der Waals surface area contributed by atoms with Gasteiger partial charge in [0.2, 0.25) is 5.52 Å². The summed E-state index contributed by atoms with van der Waals surface area (Å²) in [4.78, 5) is 2.68. The van der Waals surface area contributed by atoms with Gasteiger partial charge in [-0.05, 0) is 31.0 Å². The van der Waals surface area contributed by atoms with Crippen molar-refractivity contribution < 1.29 is 29.6 Å². The van der Waals surface area contributed by atoms with Crippen molar-refractivity contribution in [3.8, 4) is 22.3 Å². The summed E-state index contributed by atoms with van der Waals surface area (Å²) < 4.78 is 61.6. The van der Waals surface area contributed by atoms with E-state index in [1.165, 1.54) is 54.1 Å². The number of hydrogen-bond acceptors (Lipinski definition) is 1. The zero-order valence-electron chi connectivity index (χ0n) is 19.1. The van der Waals surface area contributed by atoms with Crippen LogP contribution in [0.3, 0.4) is 0 Å². The molecule has 0 unspecified atom stereocenters. The van der Waals surface area contributed by atoms with Gasteiger partial charge in [0.25, 0.3) is 4.83 Å². The van der Waals surface area contributed by atoms with Crippen LogP contribution < -0.4 is 4.40 Å². The maximum absolute atomic E-state index is 10.7. The van der Waals surface area contributed by atoms with E-state index in [2.05, 4.69) is 104 Å². The van der Waals surface area contributed by atoms with Crippen molar-refractivity contribution in [2.45, 2.75) is 20.8 Å². The third-order valence-corrected chi connectivity index (χ3v) is 6.73. The van der Waals surface area contributed by atoms with Crippen molar-refractivity contribution in [2.24, 2.45) is 0 Å². The van der Waals surface area contributed by atoms with E-state index in [0.717, 1.165) is 0 Å². The van der Waals surface area contributed by atoms with Crippen LogP contribution >= 0.6 is 19.1 Å². The van der Waals surface area contributed by atoms with Crippen LogP contribution in [0.25, 0.3) is 38.0 Å². The monoisotopic (exact) mass is 525 g/mol. The van der Waals surface area contributed by atoms with Crippen LogP contribution in [0.4, 0.5) is 25.2 Å². The molecule has 184 valence electrons. The van der Waals surface area contributed by atoms with E-state index in [0.29, 0.717) is 0 Å². The first-order valence-corrected chi connectivity index (χ1v) is 13.5. The average Bonchev–Trinajstić information content (AvgIpc) is 3.06. The fourth-order valence-electron chi connectivity index (χ4n) is 4.09. The Bertz CT molecular complexity index is 1530. The second kappa shape index (κ2) is 8.04. The molecule has 0 spiro atoms. The minimum absolute atomic E-state index is 1.27. The number of pyridine rings is 1. The van der Waals surface area contributed by atoms with Crippen LogP contribution in [0.5, 0.6) is 0 Å². The van der Waals surface area contributed by atoms with Gasteiger partial charge in [0.1, 0.15) is 0 Å². The van der Waals surface area contributed by atoms with E-state index in [4.69, 9.17) is 0 Å². The van der Waals surface area contributed by atoms with E-state index in [-0.39, 0.29) is 0 Å². The molecule has 0 amide bonds. The van der Waals surface area contributed by atoms with E-state index in [1.807, 2.05) is 11.3 Å². The van der Waals surface area contributed by atoms with Gasteiger partial charge >= 0.3 is 33.0 Å². The Hall–Kier alpha value is -2.96. The Morgan fingerprint density at radius 2 is 1.14 bits per heavy atom. The van der Waals surface area contributed by atoms with Crippen LogP contribution in [0.15, 0.2) is 78.9 Å². The quantitative estimate of drug-likeness (QED) is 0.123. The normalized spacial score (nSPS) is 13.7. The van der Waals surface area contributed by atoms with Crippen molar-refractivity contribution in [3.63, 3.8) is 0 Å². The van der Waals surface area contributed by atoms with Gasteiger partial charge in [-0.1, -0.05) is 83.6 Å². The van der Waals surface area contributed by atoms with Crippen molar-refractivity contribution in [2.75, 3.05) is 0 Å². The Balaban J connectivity index is 0.000000364. The Kier molecular flexibility index (Phi) is 5.77. The summed E-state index contributed by atoms with van der Waals surface area (Å²) in [6, 6.07) is 28.5. The zero-order chi connectivity index (χ0) is 25.7. The molecule has 1 nitrogen and oxygen atoms in total. The van der Waals surface area contributed by atoms with Gasteiger partial charge in [-0.3, -0.25) is 0 Å². The van der Waals surface area contributed by atoms with Gasteiger partial charge in [0.05, 0.1) is 15.8 Å². The van der Waals surface area contributed by atoms with Gasteiger partial charge in [0, 0.05) is 18.6 Å².